The topological polar surface area (TPSA) is 60.9 Å². The summed E-state index contributed by atoms with van der Waals surface area (Å²) in [7, 11) is 0. The van der Waals surface area contributed by atoms with Gasteiger partial charge < -0.3 is 14.9 Å². The molecule has 21 heavy (non-hydrogen) atoms. The van der Waals surface area contributed by atoms with Crippen molar-refractivity contribution in [3.8, 4) is 0 Å². The Morgan fingerprint density at radius 1 is 1.29 bits per heavy atom. The molecular formula is C15H18N2O3S. The van der Waals surface area contributed by atoms with Crippen LogP contribution in [0.5, 0.6) is 0 Å². The van der Waals surface area contributed by atoms with Crippen molar-refractivity contribution >= 4 is 23.8 Å². The molecule has 2 aliphatic rings. The van der Waals surface area contributed by atoms with Crippen LogP contribution in [-0.2, 0) is 13.1 Å². The molecular weight excluding hydrogens is 288 g/mol. The van der Waals surface area contributed by atoms with Gasteiger partial charge >= 0.3 is 12.0 Å². The second kappa shape index (κ2) is 5.60. The fraction of sp³-hybridized carbons (Fsp3) is 0.467. The molecule has 0 spiro atoms. The fourth-order valence-corrected chi connectivity index (χ4v) is 3.87. The Bertz CT molecular complexity index is 590. The van der Waals surface area contributed by atoms with Gasteiger partial charge in [0.05, 0.1) is 5.56 Å². The molecule has 1 aromatic rings. The van der Waals surface area contributed by atoms with Crippen LogP contribution in [0.4, 0.5) is 4.79 Å². The number of fused-ring (bicyclic) bond motifs is 1. The number of hydrogen-bond acceptors (Lipinski definition) is 3. The van der Waals surface area contributed by atoms with E-state index in [4.69, 9.17) is 5.11 Å². The van der Waals surface area contributed by atoms with Crippen molar-refractivity contribution in [1.82, 2.24) is 9.80 Å². The zero-order chi connectivity index (χ0) is 15.0. The normalized spacial score (nSPS) is 21.3. The van der Waals surface area contributed by atoms with Crippen LogP contribution < -0.4 is 0 Å². The number of nitrogens with zero attached hydrogens (tertiary/aromatic N) is 2. The molecule has 1 atom stereocenters. The van der Waals surface area contributed by atoms with Gasteiger partial charge in [-0.25, -0.2) is 9.59 Å². The van der Waals surface area contributed by atoms with E-state index in [0.29, 0.717) is 13.1 Å². The first-order valence-electron chi connectivity index (χ1n) is 7.04. The van der Waals surface area contributed by atoms with E-state index in [-0.39, 0.29) is 17.6 Å². The molecule has 1 saturated heterocycles. The molecule has 3 rings (SSSR count). The van der Waals surface area contributed by atoms with Crippen molar-refractivity contribution < 1.29 is 14.7 Å². The third-order valence-electron chi connectivity index (χ3n) is 4.06. The molecule has 0 aromatic heterocycles. The summed E-state index contributed by atoms with van der Waals surface area (Å²) in [5.74, 6) is 1.04. The van der Waals surface area contributed by atoms with Gasteiger partial charge in [-0.1, -0.05) is 6.07 Å². The Morgan fingerprint density at radius 2 is 2.05 bits per heavy atom. The van der Waals surface area contributed by atoms with Crippen molar-refractivity contribution in [1.29, 1.82) is 0 Å². The van der Waals surface area contributed by atoms with Gasteiger partial charge in [0.1, 0.15) is 0 Å². The Balaban J connectivity index is 1.74. The lowest BCUT2D eigenvalue weighted by Crippen LogP contribution is -2.49. The lowest BCUT2D eigenvalue weighted by atomic mass is 10.1. The molecule has 1 N–H and O–H groups in total. The highest BCUT2D eigenvalue weighted by Gasteiger charge is 2.31. The van der Waals surface area contributed by atoms with E-state index in [1.54, 1.807) is 12.1 Å². The summed E-state index contributed by atoms with van der Waals surface area (Å²) >= 11 is 1.88. The number of aromatic carboxylic acids is 1. The van der Waals surface area contributed by atoms with Crippen LogP contribution in [0, 0.1) is 0 Å². The molecule has 0 bridgehead atoms. The highest BCUT2D eigenvalue weighted by atomic mass is 32.2. The second-order valence-electron chi connectivity index (χ2n) is 5.54. The lowest BCUT2D eigenvalue weighted by molar-refractivity contribution is 0.0696. The monoisotopic (exact) mass is 306 g/mol. The largest absolute Gasteiger partial charge is 0.478 e. The van der Waals surface area contributed by atoms with Gasteiger partial charge in [-0.2, -0.15) is 11.8 Å². The average Bonchev–Trinajstić information content (AvgIpc) is 2.89. The number of rotatable bonds is 1. The van der Waals surface area contributed by atoms with E-state index < -0.39 is 5.97 Å². The summed E-state index contributed by atoms with van der Waals surface area (Å²) in [6.45, 7) is 3.95. The summed E-state index contributed by atoms with van der Waals surface area (Å²) < 4.78 is 0. The molecule has 6 heteroatoms. The zero-order valence-electron chi connectivity index (χ0n) is 11.9. The number of hydrogen-bond donors (Lipinski definition) is 1. The number of carboxylic acid groups (broad SMARTS) is 1. The summed E-state index contributed by atoms with van der Waals surface area (Å²) in [5, 5.41) is 9.04. The molecule has 0 aliphatic carbocycles. The minimum absolute atomic E-state index is 0.0656. The second-order valence-corrected chi connectivity index (χ2v) is 6.69. The Kier molecular flexibility index (Phi) is 3.80. The quantitative estimate of drug-likeness (QED) is 0.864. The van der Waals surface area contributed by atoms with Gasteiger partial charge in [0.15, 0.2) is 0 Å². The van der Waals surface area contributed by atoms with E-state index in [9.17, 15) is 9.59 Å². The fourth-order valence-electron chi connectivity index (χ4n) is 2.86. The van der Waals surface area contributed by atoms with Crippen LogP contribution in [0.1, 0.15) is 28.4 Å². The van der Waals surface area contributed by atoms with Crippen molar-refractivity contribution in [2.24, 2.45) is 0 Å². The van der Waals surface area contributed by atoms with Gasteiger partial charge in [0.25, 0.3) is 0 Å². The maximum absolute atomic E-state index is 12.6. The van der Waals surface area contributed by atoms with E-state index in [0.717, 1.165) is 29.2 Å². The third kappa shape index (κ3) is 2.72. The van der Waals surface area contributed by atoms with Crippen LogP contribution in [0.15, 0.2) is 18.2 Å². The van der Waals surface area contributed by atoms with Crippen molar-refractivity contribution in [2.75, 3.05) is 18.1 Å². The minimum atomic E-state index is -0.927. The van der Waals surface area contributed by atoms with Crippen LogP contribution >= 0.6 is 11.8 Å². The average molecular weight is 306 g/mol. The Morgan fingerprint density at radius 3 is 2.76 bits per heavy atom. The zero-order valence-corrected chi connectivity index (χ0v) is 12.7. The first kappa shape index (κ1) is 14.3. The van der Waals surface area contributed by atoms with Crippen molar-refractivity contribution in [2.45, 2.75) is 26.1 Å². The first-order valence-corrected chi connectivity index (χ1v) is 8.20. The highest BCUT2D eigenvalue weighted by molar-refractivity contribution is 7.99. The minimum Gasteiger partial charge on any atom is -0.478 e. The van der Waals surface area contributed by atoms with Crippen molar-refractivity contribution in [3.05, 3.63) is 34.9 Å². The molecule has 112 valence electrons. The molecule has 1 fully saturated rings. The summed E-state index contributed by atoms with van der Waals surface area (Å²) in [6.07, 6.45) is 0. The first-order chi connectivity index (χ1) is 10.1. The number of amides is 2. The van der Waals surface area contributed by atoms with Crippen molar-refractivity contribution in [3.63, 3.8) is 0 Å². The lowest BCUT2D eigenvalue weighted by Gasteiger charge is -2.35. The smallest absolute Gasteiger partial charge is 0.335 e. The number of benzene rings is 1. The molecule has 2 heterocycles. The van der Waals surface area contributed by atoms with E-state index in [1.165, 1.54) is 0 Å². The van der Waals surface area contributed by atoms with E-state index >= 15 is 0 Å². The number of carbonyl (C=O) groups excluding carboxylic acids is 1. The molecule has 1 unspecified atom stereocenters. The summed E-state index contributed by atoms with van der Waals surface area (Å²) in [5.41, 5.74) is 2.28. The Labute approximate surface area is 127 Å². The number of urea groups is 1. The van der Waals surface area contributed by atoms with Crippen LogP contribution in [0.25, 0.3) is 0 Å². The molecule has 2 aliphatic heterocycles. The van der Waals surface area contributed by atoms with Gasteiger partial charge in [-0.05, 0) is 30.2 Å². The standard InChI is InChI=1S/C15H18N2O3S/c1-10-9-21-5-4-17(10)15(20)16-7-12-3-2-11(14(18)19)6-13(12)8-16/h2-3,6,10H,4-5,7-9H2,1H3,(H,18,19). The predicted octanol–water partition coefficient (Wildman–Crippen LogP) is 2.26. The van der Waals surface area contributed by atoms with Gasteiger partial charge in [-0.15, -0.1) is 0 Å². The van der Waals surface area contributed by atoms with E-state index in [2.05, 4.69) is 6.92 Å². The number of thioether (sulfide) groups is 1. The maximum atomic E-state index is 12.6. The molecule has 1 aromatic carbocycles. The maximum Gasteiger partial charge on any atom is 0.335 e. The third-order valence-corrected chi connectivity index (χ3v) is 5.25. The van der Waals surface area contributed by atoms with Gasteiger partial charge in [0.2, 0.25) is 0 Å². The SMILES string of the molecule is CC1CSCCN1C(=O)N1Cc2ccc(C(=O)O)cc2C1. The van der Waals surface area contributed by atoms with Crippen LogP contribution in [0.2, 0.25) is 0 Å². The van der Waals surface area contributed by atoms with E-state index in [1.807, 2.05) is 27.6 Å². The predicted molar refractivity (Wildman–Crippen MR) is 81.5 cm³/mol. The summed E-state index contributed by atoms with van der Waals surface area (Å²) in [4.78, 5) is 27.4. The highest BCUT2D eigenvalue weighted by Crippen LogP contribution is 2.26. The summed E-state index contributed by atoms with van der Waals surface area (Å²) in [6, 6.07) is 5.43. The number of carbonyl (C=O) groups is 2. The van der Waals surface area contributed by atoms with Crippen LogP contribution in [-0.4, -0.2) is 51.0 Å². The molecule has 5 nitrogen and oxygen atoms in total. The molecule has 0 radical (unpaired) electrons. The molecule has 2 amide bonds. The van der Waals surface area contributed by atoms with Gasteiger partial charge in [0, 0.05) is 37.2 Å². The molecule has 0 saturated carbocycles. The number of carboxylic acids is 1. The Hall–Kier alpha value is -1.69. The van der Waals surface area contributed by atoms with Gasteiger partial charge in [-0.3, -0.25) is 0 Å². The van der Waals surface area contributed by atoms with Crippen LogP contribution in [0.3, 0.4) is 0 Å².